The smallest absolute Gasteiger partial charge is 0.242 e. The molecule has 3 rings (SSSR count). The summed E-state index contributed by atoms with van der Waals surface area (Å²) in [7, 11) is 0. The van der Waals surface area contributed by atoms with E-state index in [9.17, 15) is 4.79 Å². The quantitative estimate of drug-likeness (QED) is 0.920. The molecule has 0 aliphatic carbocycles. The third-order valence-corrected chi connectivity index (χ3v) is 4.10. The molecule has 1 aliphatic rings. The molecule has 1 N–H and O–H groups in total. The molecule has 2 heterocycles. The van der Waals surface area contributed by atoms with Gasteiger partial charge in [0.15, 0.2) is 0 Å². The van der Waals surface area contributed by atoms with E-state index in [0.717, 1.165) is 30.5 Å². The fourth-order valence-electron chi connectivity index (χ4n) is 2.74. The Kier molecular flexibility index (Phi) is 3.68. The Hall–Kier alpha value is -1.52. The van der Waals surface area contributed by atoms with Crippen LogP contribution in [0.5, 0.6) is 0 Å². The van der Waals surface area contributed by atoms with Gasteiger partial charge in [-0.1, -0.05) is 17.7 Å². The van der Waals surface area contributed by atoms with E-state index in [0.29, 0.717) is 11.6 Å². The Balaban J connectivity index is 1.82. The van der Waals surface area contributed by atoms with E-state index in [1.165, 1.54) is 0 Å². The number of benzene rings is 1. The van der Waals surface area contributed by atoms with Crippen molar-refractivity contribution in [2.75, 3.05) is 19.6 Å². The van der Waals surface area contributed by atoms with Crippen molar-refractivity contribution in [2.24, 2.45) is 0 Å². The van der Waals surface area contributed by atoms with Crippen molar-refractivity contribution >= 4 is 28.4 Å². The van der Waals surface area contributed by atoms with Gasteiger partial charge in [-0.05, 0) is 30.5 Å². The highest BCUT2D eigenvalue weighted by molar-refractivity contribution is 6.31. The van der Waals surface area contributed by atoms with E-state index in [-0.39, 0.29) is 11.9 Å². The number of fused-ring (bicyclic) bond motifs is 1. The number of rotatable bonds is 2. The van der Waals surface area contributed by atoms with Gasteiger partial charge in [0.25, 0.3) is 0 Å². The SMILES string of the molecule is CC1CNCCN1C(=O)Cn1ccc2ccc(Cl)cc21. The molecule has 1 fully saturated rings. The molecule has 1 saturated heterocycles. The minimum Gasteiger partial charge on any atom is -0.338 e. The normalized spacial score (nSPS) is 19.5. The van der Waals surface area contributed by atoms with Crippen molar-refractivity contribution in [1.82, 2.24) is 14.8 Å². The molecular formula is C15H18ClN3O. The molecule has 1 aliphatic heterocycles. The van der Waals surface area contributed by atoms with Gasteiger partial charge in [0.1, 0.15) is 6.54 Å². The van der Waals surface area contributed by atoms with Crippen LogP contribution in [0.4, 0.5) is 0 Å². The molecule has 0 bridgehead atoms. The highest BCUT2D eigenvalue weighted by atomic mass is 35.5. The molecule has 106 valence electrons. The van der Waals surface area contributed by atoms with Crippen molar-refractivity contribution in [3.63, 3.8) is 0 Å². The number of nitrogens with zero attached hydrogens (tertiary/aromatic N) is 2. The van der Waals surface area contributed by atoms with Gasteiger partial charge in [0.2, 0.25) is 5.91 Å². The minimum absolute atomic E-state index is 0.163. The van der Waals surface area contributed by atoms with Gasteiger partial charge in [-0.15, -0.1) is 0 Å². The highest BCUT2D eigenvalue weighted by Gasteiger charge is 2.23. The van der Waals surface area contributed by atoms with Crippen molar-refractivity contribution < 1.29 is 4.79 Å². The standard InChI is InChI=1S/C15H18ClN3O/c1-11-9-17-5-7-19(11)15(20)10-18-6-4-12-2-3-13(16)8-14(12)18/h2-4,6,8,11,17H,5,7,9-10H2,1H3. The van der Waals surface area contributed by atoms with Crippen molar-refractivity contribution in [3.8, 4) is 0 Å². The fourth-order valence-corrected chi connectivity index (χ4v) is 2.91. The molecular weight excluding hydrogens is 274 g/mol. The van der Waals surface area contributed by atoms with Crippen molar-refractivity contribution in [2.45, 2.75) is 19.5 Å². The van der Waals surface area contributed by atoms with Crippen LogP contribution in [-0.2, 0) is 11.3 Å². The Morgan fingerprint density at radius 1 is 1.45 bits per heavy atom. The Bertz CT molecular complexity index is 637. The second-order valence-corrected chi connectivity index (χ2v) is 5.72. The maximum absolute atomic E-state index is 12.4. The number of carbonyl (C=O) groups is 1. The van der Waals surface area contributed by atoms with Crippen LogP contribution in [0, 0.1) is 0 Å². The van der Waals surface area contributed by atoms with Gasteiger partial charge in [-0.25, -0.2) is 0 Å². The molecule has 1 unspecified atom stereocenters. The van der Waals surface area contributed by atoms with Crippen LogP contribution in [-0.4, -0.2) is 41.1 Å². The molecule has 2 aromatic rings. The lowest BCUT2D eigenvalue weighted by Crippen LogP contribution is -2.53. The van der Waals surface area contributed by atoms with Gasteiger partial charge >= 0.3 is 0 Å². The van der Waals surface area contributed by atoms with Crippen molar-refractivity contribution in [1.29, 1.82) is 0 Å². The van der Waals surface area contributed by atoms with E-state index in [1.54, 1.807) is 0 Å². The molecule has 0 saturated carbocycles. The molecule has 5 heteroatoms. The maximum atomic E-state index is 12.4. The Morgan fingerprint density at radius 2 is 2.30 bits per heavy atom. The van der Waals surface area contributed by atoms with Crippen LogP contribution in [0.1, 0.15) is 6.92 Å². The van der Waals surface area contributed by atoms with Crippen molar-refractivity contribution in [3.05, 3.63) is 35.5 Å². The average Bonchev–Trinajstić information content (AvgIpc) is 2.82. The summed E-state index contributed by atoms with van der Waals surface area (Å²) in [6.45, 7) is 4.96. The summed E-state index contributed by atoms with van der Waals surface area (Å²) in [5.74, 6) is 0.163. The number of hydrogen-bond acceptors (Lipinski definition) is 2. The van der Waals surface area contributed by atoms with Crippen LogP contribution in [0.25, 0.3) is 10.9 Å². The fraction of sp³-hybridized carbons (Fsp3) is 0.400. The first-order valence-electron chi connectivity index (χ1n) is 6.90. The Labute approximate surface area is 123 Å². The predicted octanol–water partition coefficient (Wildman–Crippen LogP) is 2.12. The second-order valence-electron chi connectivity index (χ2n) is 5.29. The molecule has 20 heavy (non-hydrogen) atoms. The zero-order valence-electron chi connectivity index (χ0n) is 11.5. The number of piperazine rings is 1. The van der Waals surface area contributed by atoms with Gasteiger partial charge in [-0.3, -0.25) is 4.79 Å². The van der Waals surface area contributed by atoms with E-state index in [4.69, 9.17) is 11.6 Å². The van der Waals surface area contributed by atoms with Crippen LogP contribution >= 0.6 is 11.6 Å². The first-order valence-corrected chi connectivity index (χ1v) is 7.27. The lowest BCUT2D eigenvalue weighted by Gasteiger charge is -2.34. The van der Waals surface area contributed by atoms with E-state index in [1.807, 2.05) is 39.9 Å². The van der Waals surface area contributed by atoms with E-state index < -0.39 is 0 Å². The molecule has 1 atom stereocenters. The van der Waals surface area contributed by atoms with Crippen LogP contribution in [0.15, 0.2) is 30.5 Å². The second kappa shape index (κ2) is 5.46. The van der Waals surface area contributed by atoms with Gasteiger partial charge in [0, 0.05) is 42.4 Å². The van der Waals surface area contributed by atoms with Crippen LogP contribution < -0.4 is 5.32 Å². The van der Waals surface area contributed by atoms with Crippen LogP contribution in [0.3, 0.4) is 0 Å². The number of aromatic nitrogens is 1. The number of carbonyl (C=O) groups excluding carboxylic acids is 1. The zero-order chi connectivity index (χ0) is 14.1. The number of hydrogen-bond donors (Lipinski definition) is 1. The van der Waals surface area contributed by atoms with Gasteiger partial charge in [-0.2, -0.15) is 0 Å². The third-order valence-electron chi connectivity index (χ3n) is 3.86. The predicted molar refractivity (Wildman–Crippen MR) is 81.0 cm³/mol. The number of nitrogens with one attached hydrogen (secondary N) is 1. The van der Waals surface area contributed by atoms with Gasteiger partial charge < -0.3 is 14.8 Å². The topological polar surface area (TPSA) is 37.3 Å². The summed E-state index contributed by atoms with van der Waals surface area (Å²) in [6.07, 6.45) is 1.95. The molecule has 1 amide bonds. The molecule has 0 spiro atoms. The summed E-state index contributed by atoms with van der Waals surface area (Å²) in [6, 6.07) is 8.02. The monoisotopic (exact) mass is 291 g/mol. The molecule has 4 nitrogen and oxygen atoms in total. The Morgan fingerprint density at radius 3 is 3.10 bits per heavy atom. The summed E-state index contributed by atoms with van der Waals surface area (Å²) < 4.78 is 1.97. The zero-order valence-corrected chi connectivity index (χ0v) is 12.2. The maximum Gasteiger partial charge on any atom is 0.242 e. The molecule has 1 aromatic heterocycles. The highest BCUT2D eigenvalue weighted by Crippen LogP contribution is 2.20. The van der Waals surface area contributed by atoms with E-state index >= 15 is 0 Å². The number of halogens is 1. The summed E-state index contributed by atoms with van der Waals surface area (Å²) in [5, 5.41) is 5.10. The van der Waals surface area contributed by atoms with Crippen LogP contribution in [0.2, 0.25) is 5.02 Å². The average molecular weight is 292 g/mol. The first kappa shape index (κ1) is 13.5. The largest absolute Gasteiger partial charge is 0.338 e. The lowest BCUT2D eigenvalue weighted by molar-refractivity contribution is -0.134. The summed E-state index contributed by atoms with van der Waals surface area (Å²) >= 11 is 6.04. The lowest BCUT2D eigenvalue weighted by atomic mass is 10.2. The minimum atomic E-state index is 0.163. The molecule has 0 radical (unpaired) electrons. The summed E-state index contributed by atoms with van der Waals surface area (Å²) in [5.41, 5.74) is 1.01. The van der Waals surface area contributed by atoms with E-state index in [2.05, 4.69) is 12.2 Å². The molecule has 1 aromatic carbocycles. The number of amides is 1. The van der Waals surface area contributed by atoms with Gasteiger partial charge in [0.05, 0.1) is 0 Å². The third kappa shape index (κ3) is 2.53. The summed E-state index contributed by atoms with van der Waals surface area (Å²) in [4.78, 5) is 14.4. The first-order chi connectivity index (χ1) is 9.65.